The number of carbonyl (C=O) groups is 1. The molecule has 1 heterocycles. The number of methoxy groups -OCH3 is 1. The minimum absolute atomic E-state index is 0.324. The maximum Gasteiger partial charge on any atom is 0.291 e. The number of primary amides is 1. The highest BCUT2D eigenvalue weighted by Gasteiger charge is 2.18. The SMILES string of the molecule is COCCN1CCN(SC(N)=O)CC1. The normalized spacial score (nSPS) is 19.8. The van der Waals surface area contributed by atoms with Crippen LogP contribution in [0.3, 0.4) is 0 Å². The number of hydrogen-bond acceptors (Lipinski definition) is 5. The first-order chi connectivity index (χ1) is 6.72. The average Bonchev–Trinajstić information content (AvgIpc) is 2.16. The lowest BCUT2D eigenvalue weighted by Crippen LogP contribution is -2.45. The molecule has 0 unspecified atom stereocenters. The summed E-state index contributed by atoms with van der Waals surface area (Å²) in [7, 11) is 1.71. The number of nitrogens with two attached hydrogens (primary N) is 1. The van der Waals surface area contributed by atoms with Gasteiger partial charge in [-0.15, -0.1) is 0 Å². The molecule has 1 aliphatic rings. The lowest BCUT2D eigenvalue weighted by Gasteiger charge is -2.32. The summed E-state index contributed by atoms with van der Waals surface area (Å²) in [6.45, 7) is 5.45. The number of ether oxygens (including phenoxy) is 1. The van der Waals surface area contributed by atoms with Gasteiger partial charge in [-0.2, -0.15) is 0 Å². The molecule has 0 aromatic carbocycles. The van der Waals surface area contributed by atoms with Crippen molar-refractivity contribution in [3.8, 4) is 0 Å². The molecule has 1 rings (SSSR count). The molecule has 0 aromatic rings. The molecule has 0 atom stereocenters. The van der Waals surface area contributed by atoms with E-state index in [1.54, 1.807) is 7.11 Å². The Hall–Kier alpha value is -0.300. The van der Waals surface area contributed by atoms with E-state index in [-0.39, 0.29) is 5.24 Å². The van der Waals surface area contributed by atoms with E-state index < -0.39 is 0 Å². The molecule has 0 aromatic heterocycles. The third-order valence-electron chi connectivity index (χ3n) is 2.16. The Kier molecular flexibility index (Phi) is 5.24. The molecule has 0 bridgehead atoms. The Balaban J connectivity index is 2.14. The van der Waals surface area contributed by atoms with Crippen LogP contribution in [0.15, 0.2) is 0 Å². The van der Waals surface area contributed by atoms with Crippen molar-refractivity contribution in [2.45, 2.75) is 0 Å². The smallest absolute Gasteiger partial charge is 0.291 e. The van der Waals surface area contributed by atoms with Gasteiger partial charge in [-0.25, -0.2) is 4.31 Å². The van der Waals surface area contributed by atoms with Gasteiger partial charge in [0, 0.05) is 51.8 Å². The maximum atomic E-state index is 10.6. The first kappa shape index (κ1) is 11.8. The monoisotopic (exact) mass is 219 g/mol. The number of carbonyl (C=O) groups excluding carboxylic acids is 1. The van der Waals surface area contributed by atoms with E-state index in [2.05, 4.69) is 4.90 Å². The lowest BCUT2D eigenvalue weighted by molar-refractivity contribution is 0.126. The molecule has 6 heteroatoms. The van der Waals surface area contributed by atoms with Crippen molar-refractivity contribution >= 4 is 17.2 Å². The van der Waals surface area contributed by atoms with Crippen LogP contribution in [0.4, 0.5) is 4.79 Å². The van der Waals surface area contributed by atoms with Crippen molar-refractivity contribution in [1.29, 1.82) is 0 Å². The van der Waals surface area contributed by atoms with Gasteiger partial charge in [0.25, 0.3) is 5.24 Å². The third-order valence-corrected chi connectivity index (χ3v) is 2.97. The van der Waals surface area contributed by atoms with Gasteiger partial charge < -0.3 is 10.5 Å². The highest BCUT2D eigenvalue weighted by molar-refractivity contribution is 8.11. The molecule has 0 spiro atoms. The van der Waals surface area contributed by atoms with E-state index in [0.29, 0.717) is 0 Å². The Morgan fingerprint density at radius 3 is 2.57 bits per heavy atom. The molecule has 0 saturated carbocycles. The molecule has 82 valence electrons. The minimum Gasteiger partial charge on any atom is -0.383 e. The predicted octanol–water partition coefficient (Wildman–Crippen LogP) is -0.0227. The van der Waals surface area contributed by atoms with Crippen LogP contribution >= 0.6 is 11.9 Å². The largest absolute Gasteiger partial charge is 0.383 e. The quantitative estimate of drug-likeness (QED) is 0.673. The van der Waals surface area contributed by atoms with Crippen molar-refractivity contribution in [3.63, 3.8) is 0 Å². The van der Waals surface area contributed by atoms with Crippen LogP contribution in [0.2, 0.25) is 0 Å². The van der Waals surface area contributed by atoms with Crippen molar-refractivity contribution in [2.75, 3.05) is 46.4 Å². The predicted molar refractivity (Wildman–Crippen MR) is 57.1 cm³/mol. The Labute approximate surface area is 88.7 Å². The standard InChI is InChI=1S/C8H17N3O2S/c1-13-7-6-10-2-4-11(5-3-10)14-8(9)12/h2-7H2,1H3,(H2,9,12). The second-order valence-electron chi connectivity index (χ2n) is 3.17. The van der Waals surface area contributed by atoms with Gasteiger partial charge in [0.1, 0.15) is 0 Å². The topological polar surface area (TPSA) is 58.8 Å². The summed E-state index contributed by atoms with van der Waals surface area (Å²) < 4.78 is 7.01. The summed E-state index contributed by atoms with van der Waals surface area (Å²) in [4.78, 5) is 13.0. The fourth-order valence-electron chi connectivity index (χ4n) is 1.39. The van der Waals surface area contributed by atoms with E-state index in [9.17, 15) is 4.79 Å². The third kappa shape index (κ3) is 4.28. The van der Waals surface area contributed by atoms with E-state index in [4.69, 9.17) is 10.5 Å². The summed E-state index contributed by atoms with van der Waals surface area (Å²) in [6, 6.07) is 0. The van der Waals surface area contributed by atoms with Gasteiger partial charge in [0.2, 0.25) is 0 Å². The first-order valence-corrected chi connectivity index (χ1v) is 5.43. The van der Waals surface area contributed by atoms with Gasteiger partial charge in [0.05, 0.1) is 6.61 Å². The van der Waals surface area contributed by atoms with E-state index in [1.807, 2.05) is 4.31 Å². The van der Waals surface area contributed by atoms with Crippen molar-refractivity contribution in [1.82, 2.24) is 9.21 Å². The molecule has 14 heavy (non-hydrogen) atoms. The van der Waals surface area contributed by atoms with Gasteiger partial charge in [-0.05, 0) is 0 Å². The van der Waals surface area contributed by atoms with E-state index >= 15 is 0 Å². The van der Waals surface area contributed by atoms with Crippen LogP contribution in [-0.2, 0) is 4.74 Å². The summed E-state index contributed by atoms with van der Waals surface area (Å²) in [6.07, 6.45) is 0. The number of amides is 1. The van der Waals surface area contributed by atoms with Gasteiger partial charge in [-0.1, -0.05) is 0 Å². The fourth-order valence-corrected chi connectivity index (χ4v) is 1.99. The molecular weight excluding hydrogens is 202 g/mol. The fraction of sp³-hybridized carbons (Fsp3) is 0.875. The van der Waals surface area contributed by atoms with Crippen LogP contribution < -0.4 is 5.73 Å². The Morgan fingerprint density at radius 1 is 1.43 bits per heavy atom. The lowest BCUT2D eigenvalue weighted by atomic mass is 10.4. The van der Waals surface area contributed by atoms with Crippen LogP contribution in [0, 0.1) is 0 Å². The van der Waals surface area contributed by atoms with Gasteiger partial charge in [0.15, 0.2) is 0 Å². The number of rotatable bonds is 4. The van der Waals surface area contributed by atoms with Crippen LogP contribution in [-0.4, -0.2) is 60.9 Å². The van der Waals surface area contributed by atoms with Crippen molar-refractivity contribution in [2.24, 2.45) is 5.73 Å². The molecule has 1 fully saturated rings. The first-order valence-electron chi connectivity index (χ1n) is 4.66. The number of hydrogen-bond donors (Lipinski definition) is 1. The molecule has 1 aliphatic heterocycles. The summed E-state index contributed by atoms with van der Waals surface area (Å²) >= 11 is 1.12. The molecule has 0 aliphatic carbocycles. The van der Waals surface area contributed by atoms with E-state index in [1.165, 1.54) is 0 Å². The van der Waals surface area contributed by atoms with Gasteiger partial charge in [-0.3, -0.25) is 9.69 Å². The van der Waals surface area contributed by atoms with Crippen LogP contribution in [0.5, 0.6) is 0 Å². The van der Waals surface area contributed by atoms with Crippen LogP contribution in [0.1, 0.15) is 0 Å². The summed E-state index contributed by atoms with van der Waals surface area (Å²) in [5.41, 5.74) is 5.09. The number of nitrogens with zero attached hydrogens (tertiary/aromatic N) is 2. The molecule has 1 amide bonds. The average molecular weight is 219 g/mol. The highest BCUT2D eigenvalue weighted by Crippen LogP contribution is 2.12. The van der Waals surface area contributed by atoms with Crippen molar-refractivity contribution < 1.29 is 9.53 Å². The number of piperazine rings is 1. The Morgan fingerprint density at radius 2 is 2.07 bits per heavy atom. The highest BCUT2D eigenvalue weighted by atomic mass is 32.2. The molecule has 5 nitrogen and oxygen atoms in total. The second kappa shape index (κ2) is 6.23. The molecule has 2 N–H and O–H groups in total. The maximum absolute atomic E-state index is 10.6. The molecule has 0 radical (unpaired) electrons. The zero-order chi connectivity index (χ0) is 10.4. The summed E-state index contributed by atoms with van der Waals surface area (Å²) in [5, 5.41) is -0.324. The zero-order valence-corrected chi connectivity index (χ0v) is 9.26. The van der Waals surface area contributed by atoms with Crippen LogP contribution in [0.25, 0.3) is 0 Å². The summed E-state index contributed by atoms with van der Waals surface area (Å²) in [5.74, 6) is 0. The second-order valence-corrected chi connectivity index (χ2v) is 4.28. The van der Waals surface area contributed by atoms with Crippen molar-refractivity contribution in [3.05, 3.63) is 0 Å². The minimum atomic E-state index is -0.324. The molecular formula is C8H17N3O2S. The Bertz CT molecular complexity index is 183. The van der Waals surface area contributed by atoms with E-state index in [0.717, 1.165) is 51.3 Å². The van der Waals surface area contributed by atoms with Gasteiger partial charge >= 0.3 is 0 Å². The zero-order valence-electron chi connectivity index (χ0n) is 8.44. The molecule has 1 saturated heterocycles.